The molecule has 0 aliphatic carbocycles. The summed E-state index contributed by atoms with van der Waals surface area (Å²) in [6.07, 6.45) is 0.338. The maximum absolute atomic E-state index is 11.3. The smallest absolute Gasteiger partial charge is 0.273 e. The van der Waals surface area contributed by atoms with Crippen molar-refractivity contribution in [1.29, 1.82) is 0 Å². The zero-order chi connectivity index (χ0) is 12.4. The Bertz CT molecular complexity index is 513. The third-order valence-electron chi connectivity index (χ3n) is 2.32. The van der Waals surface area contributed by atoms with Crippen LogP contribution in [0.5, 0.6) is 0 Å². The number of amides is 2. The average Bonchev–Trinajstić information content (AvgIpc) is 2.26. The predicted molar refractivity (Wildman–Crippen MR) is 63.7 cm³/mol. The Morgan fingerprint density at radius 1 is 1.41 bits per heavy atom. The van der Waals surface area contributed by atoms with Crippen LogP contribution in [-0.4, -0.2) is 23.7 Å². The van der Waals surface area contributed by atoms with Crippen molar-refractivity contribution < 1.29 is 9.59 Å². The van der Waals surface area contributed by atoms with E-state index in [0.29, 0.717) is 17.3 Å². The van der Waals surface area contributed by atoms with Crippen molar-refractivity contribution in [3.63, 3.8) is 0 Å². The fourth-order valence-electron chi connectivity index (χ4n) is 1.49. The minimum Gasteiger partial charge on any atom is -0.312 e. The standard InChI is InChI=1S/C11H10ClN3O2/c12-7-3-1-2-6(4-7)5-8-14-10(16)9(13)11(17)15-8/h1-4,9H,5,13H2,(H,14,15,16,17). The molecule has 0 spiro atoms. The van der Waals surface area contributed by atoms with Crippen LogP contribution in [0, 0.1) is 0 Å². The lowest BCUT2D eigenvalue weighted by Gasteiger charge is -2.16. The number of rotatable bonds is 2. The number of carbonyl (C=O) groups is 2. The van der Waals surface area contributed by atoms with Gasteiger partial charge in [0.2, 0.25) is 0 Å². The third kappa shape index (κ3) is 2.69. The highest BCUT2D eigenvalue weighted by atomic mass is 35.5. The van der Waals surface area contributed by atoms with E-state index in [1.54, 1.807) is 18.2 Å². The molecule has 2 amide bonds. The molecule has 1 aliphatic rings. The van der Waals surface area contributed by atoms with Gasteiger partial charge < -0.3 is 11.1 Å². The van der Waals surface area contributed by atoms with Crippen molar-refractivity contribution in [3.05, 3.63) is 34.9 Å². The molecule has 0 bridgehead atoms. The van der Waals surface area contributed by atoms with Crippen molar-refractivity contribution in [3.8, 4) is 0 Å². The van der Waals surface area contributed by atoms with Crippen LogP contribution in [0.1, 0.15) is 5.56 Å². The van der Waals surface area contributed by atoms with E-state index in [1.165, 1.54) is 0 Å². The number of nitrogens with two attached hydrogens (primary N) is 1. The van der Waals surface area contributed by atoms with Crippen molar-refractivity contribution in [2.24, 2.45) is 10.7 Å². The number of nitrogens with zero attached hydrogens (tertiary/aromatic N) is 1. The number of hydrogen-bond donors (Lipinski definition) is 2. The van der Waals surface area contributed by atoms with Crippen molar-refractivity contribution in [1.82, 2.24) is 5.32 Å². The molecule has 1 aromatic carbocycles. The molecule has 6 heteroatoms. The van der Waals surface area contributed by atoms with E-state index >= 15 is 0 Å². The lowest BCUT2D eigenvalue weighted by Crippen LogP contribution is -2.52. The molecule has 88 valence electrons. The van der Waals surface area contributed by atoms with Gasteiger partial charge in [0.05, 0.1) is 0 Å². The second-order valence-electron chi connectivity index (χ2n) is 3.67. The maximum Gasteiger partial charge on any atom is 0.273 e. The second kappa shape index (κ2) is 4.65. The summed E-state index contributed by atoms with van der Waals surface area (Å²) in [6.45, 7) is 0. The molecule has 0 saturated heterocycles. The number of benzene rings is 1. The van der Waals surface area contributed by atoms with Crippen molar-refractivity contribution in [2.45, 2.75) is 12.5 Å². The summed E-state index contributed by atoms with van der Waals surface area (Å²) in [6, 6.07) is 5.91. The predicted octanol–water partition coefficient (Wildman–Crippen LogP) is 0.265. The molecule has 3 N–H and O–H groups in total. The fourth-order valence-corrected chi connectivity index (χ4v) is 1.70. The van der Waals surface area contributed by atoms with Crippen LogP contribution >= 0.6 is 11.6 Å². The van der Waals surface area contributed by atoms with Gasteiger partial charge in [0.25, 0.3) is 11.8 Å². The first kappa shape index (κ1) is 11.8. The Hall–Kier alpha value is -1.72. The van der Waals surface area contributed by atoms with Gasteiger partial charge >= 0.3 is 0 Å². The highest BCUT2D eigenvalue weighted by Gasteiger charge is 2.27. The molecule has 0 radical (unpaired) electrons. The quantitative estimate of drug-likeness (QED) is 0.740. The monoisotopic (exact) mass is 251 g/mol. The van der Waals surface area contributed by atoms with Gasteiger partial charge in [0, 0.05) is 11.4 Å². The lowest BCUT2D eigenvalue weighted by molar-refractivity contribution is -0.129. The van der Waals surface area contributed by atoms with E-state index in [4.69, 9.17) is 17.3 Å². The van der Waals surface area contributed by atoms with Gasteiger partial charge in [0.1, 0.15) is 5.84 Å². The Balaban J connectivity index is 2.17. The minimum absolute atomic E-state index is 0.295. The number of halogens is 1. The van der Waals surface area contributed by atoms with E-state index in [0.717, 1.165) is 5.56 Å². The van der Waals surface area contributed by atoms with Crippen molar-refractivity contribution >= 4 is 29.3 Å². The van der Waals surface area contributed by atoms with Crippen LogP contribution in [0.15, 0.2) is 29.3 Å². The lowest BCUT2D eigenvalue weighted by atomic mass is 10.1. The number of hydrogen-bond acceptors (Lipinski definition) is 3. The van der Waals surface area contributed by atoms with E-state index < -0.39 is 17.9 Å². The molecule has 0 fully saturated rings. The molecular formula is C11H10ClN3O2. The largest absolute Gasteiger partial charge is 0.312 e. The van der Waals surface area contributed by atoms with E-state index in [9.17, 15) is 9.59 Å². The van der Waals surface area contributed by atoms with Crippen LogP contribution in [0.25, 0.3) is 0 Å². The molecule has 1 heterocycles. The molecule has 5 nitrogen and oxygen atoms in total. The molecule has 1 aromatic rings. The van der Waals surface area contributed by atoms with E-state index in [1.807, 2.05) is 6.07 Å². The van der Waals surface area contributed by atoms with Gasteiger partial charge in [-0.2, -0.15) is 4.99 Å². The number of amidine groups is 1. The van der Waals surface area contributed by atoms with Crippen LogP contribution in [-0.2, 0) is 16.0 Å². The molecule has 1 unspecified atom stereocenters. The summed E-state index contributed by atoms with van der Waals surface area (Å²) in [4.78, 5) is 26.3. The van der Waals surface area contributed by atoms with Gasteiger partial charge in [-0.15, -0.1) is 0 Å². The highest BCUT2D eigenvalue weighted by Crippen LogP contribution is 2.11. The molecule has 17 heavy (non-hydrogen) atoms. The number of nitrogens with one attached hydrogen (secondary N) is 1. The first-order valence-corrected chi connectivity index (χ1v) is 5.36. The zero-order valence-electron chi connectivity index (χ0n) is 8.81. The number of carbonyl (C=O) groups excluding carboxylic acids is 2. The normalized spacial score (nSPS) is 19.9. The van der Waals surface area contributed by atoms with Gasteiger partial charge in [-0.05, 0) is 17.7 Å². The third-order valence-corrected chi connectivity index (χ3v) is 2.56. The van der Waals surface area contributed by atoms with E-state index in [2.05, 4.69) is 10.3 Å². The summed E-state index contributed by atoms with van der Waals surface area (Å²) in [5.74, 6) is -0.850. The average molecular weight is 252 g/mol. The molecule has 0 aromatic heterocycles. The Morgan fingerprint density at radius 3 is 2.82 bits per heavy atom. The van der Waals surface area contributed by atoms with Crippen LogP contribution in [0.4, 0.5) is 0 Å². The molecule has 1 atom stereocenters. The first-order chi connectivity index (χ1) is 8.06. The SMILES string of the molecule is NC1C(=O)N=C(Cc2cccc(Cl)c2)NC1=O. The van der Waals surface area contributed by atoms with Gasteiger partial charge in [-0.3, -0.25) is 9.59 Å². The second-order valence-corrected chi connectivity index (χ2v) is 4.11. The Labute approximate surface area is 103 Å². The van der Waals surface area contributed by atoms with Gasteiger partial charge in [-0.1, -0.05) is 23.7 Å². The van der Waals surface area contributed by atoms with Gasteiger partial charge in [-0.25, -0.2) is 0 Å². The van der Waals surface area contributed by atoms with Crippen molar-refractivity contribution in [2.75, 3.05) is 0 Å². The summed E-state index contributed by atoms with van der Waals surface area (Å²) in [5.41, 5.74) is 6.17. The molecule has 1 aliphatic heterocycles. The van der Waals surface area contributed by atoms with Crippen LogP contribution in [0.3, 0.4) is 0 Å². The summed E-state index contributed by atoms with van der Waals surface area (Å²) < 4.78 is 0. The van der Waals surface area contributed by atoms with E-state index in [-0.39, 0.29) is 0 Å². The molecular weight excluding hydrogens is 242 g/mol. The topological polar surface area (TPSA) is 84.6 Å². The fraction of sp³-hybridized carbons (Fsp3) is 0.182. The number of aliphatic imine (C=N–C) groups is 1. The molecule has 0 saturated carbocycles. The maximum atomic E-state index is 11.3. The summed E-state index contributed by atoms with van der Waals surface area (Å²) in [5, 5.41) is 3.08. The summed E-state index contributed by atoms with van der Waals surface area (Å²) >= 11 is 5.83. The zero-order valence-corrected chi connectivity index (χ0v) is 9.57. The first-order valence-electron chi connectivity index (χ1n) is 4.98. The summed E-state index contributed by atoms with van der Waals surface area (Å²) in [7, 11) is 0. The Morgan fingerprint density at radius 2 is 2.18 bits per heavy atom. The van der Waals surface area contributed by atoms with Crippen LogP contribution < -0.4 is 11.1 Å². The van der Waals surface area contributed by atoms with Crippen LogP contribution in [0.2, 0.25) is 5.02 Å². The minimum atomic E-state index is -1.20. The van der Waals surface area contributed by atoms with Gasteiger partial charge in [0.15, 0.2) is 6.04 Å². The highest BCUT2D eigenvalue weighted by molar-refractivity contribution is 6.30. The molecule has 2 rings (SSSR count). The Kier molecular flexibility index (Phi) is 3.21.